The number of imidazole rings is 1. The summed E-state index contributed by atoms with van der Waals surface area (Å²) >= 11 is 0. The van der Waals surface area contributed by atoms with E-state index >= 15 is 0 Å². The van der Waals surface area contributed by atoms with Gasteiger partial charge < -0.3 is 4.57 Å². The van der Waals surface area contributed by atoms with Gasteiger partial charge in [-0.3, -0.25) is 0 Å². The topological polar surface area (TPSA) is 17.8 Å². The summed E-state index contributed by atoms with van der Waals surface area (Å²) in [5.74, 6) is 0. The van der Waals surface area contributed by atoms with E-state index in [0.717, 1.165) is 6.42 Å². The highest BCUT2D eigenvalue weighted by atomic mass is 15.1. The maximum absolute atomic E-state index is 4.30. The lowest BCUT2D eigenvalue weighted by Gasteiger charge is -2.27. The first-order chi connectivity index (χ1) is 8.40. The van der Waals surface area contributed by atoms with Crippen molar-refractivity contribution in [1.82, 2.24) is 9.55 Å². The van der Waals surface area contributed by atoms with Gasteiger partial charge in [-0.25, -0.2) is 4.98 Å². The van der Waals surface area contributed by atoms with Gasteiger partial charge in [0.05, 0.1) is 12.4 Å². The molecule has 0 bridgehead atoms. The Kier molecular flexibility index (Phi) is 2.71. The van der Waals surface area contributed by atoms with E-state index in [9.17, 15) is 0 Å². The molecule has 88 valence electrons. The van der Waals surface area contributed by atoms with E-state index in [4.69, 9.17) is 0 Å². The molecule has 2 nitrogen and oxygen atoms in total. The number of fused-ring (bicyclic) bond motifs is 1. The quantitative estimate of drug-likeness (QED) is 0.767. The highest BCUT2D eigenvalue weighted by Gasteiger charge is 2.22. The molecule has 2 heteroatoms. The number of aromatic nitrogens is 2. The minimum absolute atomic E-state index is 0.498. The van der Waals surface area contributed by atoms with Crippen molar-refractivity contribution in [2.24, 2.45) is 0 Å². The molecule has 1 aliphatic carbocycles. The summed E-state index contributed by atoms with van der Waals surface area (Å²) in [5, 5.41) is 0. The lowest BCUT2D eigenvalue weighted by atomic mass is 9.87. The van der Waals surface area contributed by atoms with Crippen molar-refractivity contribution >= 4 is 0 Å². The molecule has 0 spiro atoms. The molecule has 1 unspecified atom stereocenters. The number of aryl methyl sites for hydroxylation is 2. The third-order valence-electron chi connectivity index (χ3n) is 3.78. The molecule has 0 amide bonds. The Morgan fingerprint density at radius 1 is 1.35 bits per heavy atom. The number of nitrogens with zero attached hydrogens (tertiary/aromatic N) is 2. The summed E-state index contributed by atoms with van der Waals surface area (Å²) in [6.07, 6.45) is 8.79. The van der Waals surface area contributed by atoms with Gasteiger partial charge in [-0.05, 0) is 36.8 Å². The highest BCUT2D eigenvalue weighted by Crippen LogP contribution is 2.33. The average molecular weight is 226 g/mol. The van der Waals surface area contributed by atoms with E-state index in [1.807, 2.05) is 12.5 Å². The predicted octanol–water partition coefficient (Wildman–Crippen LogP) is 3.37. The molecular formula is C15H18N2. The number of hydrogen-bond donors (Lipinski definition) is 0. The van der Waals surface area contributed by atoms with Crippen LogP contribution >= 0.6 is 0 Å². The smallest absolute Gasteiger partial charge is 0.0953 e. The molecule has 1 aromatic carbocycles. The van der Waals surface area contributed by atoms with Crippen molar-refractivity contribution in [2.75, 3.05) is 0 Å². The Morgan fingerprint density at radius 2 is 2.24 bits per heavy atom. The van der Waals surface area contributed by atoms with Crippen LogP contribution in [0.25, 0.3) is 0 Å². The Bertz CT molecular complexity index is 513. The Balaban J connectivity index is 2.06. The standard InChI is InChI=1S/C15H18N2/c1-2-13-10-16-11-17(13)15-9-5-7-12-6-3-4-8-14(12)15/h3-4,6,8,10-11,15H,2,5,7,9H2,1H3. The molecule has 1 aliphatic rings. The lowest BCUT2D eigenvalue weighted by molar-refractivity contribution is 0.478. The molecule has 17 heavy (non-hydrogen) atoms. The summed E-state index contributed by atoms with van der Waals surface area (Å²) in [4.78, 5) is 4.30. The van der Waals surface area contributed by atoms with Crippen LogP contribution in [0.5, 0.6) is 0 Å². The molecule has 0 N–H and O–H groups in total. The van der Waals surface area contributed by atoms with Gasteiger partial charge in [-0.15, -0.1) is 0 Å². The first kappa shape index (κ1) is 10.6. The van der Waals surface area contributed by atoms with Gasteiger partial charge in [0, 0.05) is 11.9 Å². The number of hydrogen-bond acceptors (Lipinski definition) is 1. The van der Waals surface area contributed by atoms with E-state index in [-0.39, 0.29) is 0 Å². The summed E-state index contributed by atoms with van der Waals surface area (Å²) in [5.41, 5.74) is 4.35. The molecule has 1 heterocycles. The number of rotatable bonds is 2. The fourth-order valence-corrected chi connectivity index (χ4v) is 2.90. The van der Waals surface area contributed by atoms with Crippen molar-refractivity contribution in [3.05, 3.63) is 53.6 Å². The maximum Gasteiger partial charge on any atom is 0.0953 e. The van der Waals surface area contributed by atoms with Crippen molar-refractivity contribution in [1.29, 1.82) is 0 Å². The van der Waals surface area contributed by atoms with Crippen LogP contribution in [0.3, 0.4) is 0 Å². The molecule has 1 aromatic heterocycles. The Hall–Kier alpha value is -1.57. The predicted molar refractivity (Wildman–Crippen MR) is 69.1 cm³/mol. The van der Waals surface area contributed by atoms with Crippen LogP contribution in [0.1, 0.15) is 42.6 Å². The summed E-state index contributed by atoms with van der Waals surface area (Å²) in [7, 11) is 0. The van der Waals surface area contributed by atoms with E-state index in [1.54, 1.807) is 0 Å². The van der Waals surface area contributed by atoms with Crippen molar-refractivity contribution < 1.29 is 0 Å². The number of benzene rings is 1. The van der Waals surface area contributed by atoms with Crippen molar-refractivity contribution in [2.45, 2.75) is 38.6 Å². The lowest BCUT2D eigenvalue weighted by Crippen LogP contribution is -2.18. The molecule has 0 aliphatic heterocycles. The van der Waals surface area contributed by atoms with Crippen LogP contribution in [0, 0.1) is 0 Å². The van der Waals surface area contributed by atoms with Crippen molar-refractivity contribution in [3.63, 3.8) is 0 Å². The van der Waals surface area contributed by atoms with Gasteiger partial charge in [0.15, 0.2) is 0 Å². The van der Waals surface area contributed by atoms with E-state index < -0.39 is 0 Å². The van der Waals surface area contributed by atoms with Gasteiger partial charge in [-0.1, -0.05) is 31.2 Å². The highest BCUT2D eigenvalue weighted by molar-refractivity contribution is 5.33. The zero-order valence-electron chi connectivity index (χ0n) is 10.3. The van der Waals surface area contributed by atoms with Gasteiger partial charge in [0.2, 0.25) is 0 Å². The first-order valence-corrected chi connectivity index (χ1v) is 6.48. The first-order valence-electron chi connectivity index (χ1n) is 6.48. The summed E-state index contributed by atoms with van der Waals surface area (Å²) in [6, 6.07) is 9.34. The van der Waals surface area contributed by atoms with Crippen LogP contribution < -0.4 is 0 Å². The minimum atomic E-state index is 0.498. The summed E-state index contributed by atoms with van der Waals surface area (Å²) < 4.78 is 2.36. The van der Waals surface area contributed by atoms with Gasteiger partial charge in [-0.2, -0.15) is 0 Å². The van der Waals surface area contributed by atoms with Crippen LogP contribution in [-0.4, -0.2) is 9.55 Å². The zero-order chi connectivity index (χ0) is 11.7. The Labute approximate surface area is 102 Å². The fraction of sp³-hybridized carbons (Fsp3) is 0.400. The van der Waals surface area contributed by atoms with Crippen LogP contribution in [0.15, 0.2) is 36.8 Å². The largest absolute Gasteiger partial charge is 0.327 e. The van der Waals surface area contributed by atoms with Crippen LogP contribution in [0.4, 0.5) is 0 Å². The molecule has 1 atom stereocenters. The Morgan fingerprint density at radius 3 is 3.12 bits per heavy atom. The minimum Gasteiger partial charge on any atom is -0.327 e. The maximum atomic E-state index is 4.30. The molecule has 0 saturated carbocycles. The van der Waals surface area contributed by atoms with Crippen LogP contribution in [-0.2, 0) is 12.8 Å². The fourth-order valence-electron chi connectivity index (χ4n) is 2.90. The van der Waals surface area contributed by atoms with Gasteiger partial charge in [0.1, 0.15) is 0 Å². The van der Waals surface area contributed by atoms with E-state index in [2.05, 4.69) is 40.7 Å². The second-order valence-corrected chi connectivity index (χ2v) is 4.75. The van der Waals surface area contributed by atoms with E-state index in [0.29, 0.717) is 6.04 Å². The molecule has 0 saturated heterocycles. The van der Waals surface area contributed by atoms with Crippen LogP contribution in [0.2, 0.25) is 0 Å². The third-order valence-corrected chi connectivity index (χ3v) is 3.78. The zero-order valence-corrected chi connectivity index (χ0v) is 10.3. The average Bonchev–Trinajstić information content (AvgIpc) is 2.86. The SMILES string of the molecule is CCc1cncn1C1CCCc2ccccc21. The van der Waals surface area contributed by atoms with Crippen molar-refractivity contribution in [3.8, 4) is 0 Å². The molecule has 2 aromatic rings. The monoisotopic (exact) mass is 226 g/mol. The van der Waals surface area contributed by atoms with Gasteiger partial charge in [0.25, 0.3) is 0 Å². The third kappa shape index (κ3) is 1.78. The van der Waals surface area contributed by atoms with Gasteiger partial charge >= 0.3 is 0 Å². The normalized spacial score (nSPS) is 19.0. The summed E-state index contributed by atoms with van der Waals surface area (Å²) in [6.45, 7) is 2.20. The second-order valence-electron chi connectivity index (χ2n) is 4.75. The molecule has 0 radical (unpaired) electrons. The molecule has 0 fully saturated rings. The molecular weight excluding hydrogens is 208 g/mol. The second kappa shape index (κ2) is 4.36. The molecule has 3 rings (SSSR count). The van der Waals surface area contributed by atoms with E-state index in [1.165, 1.54) is 36.1 Å².